The molecule has 0 unspecified atom stereocenters. The molecule has 2 aromatic heterocycles. The van der Waals surface area contributed by atoms with Gasteiger partial charge in [-0.05, 0) is 75.1 Å². The molecule has 7 aromatic carbocycles. The molecule has 0 radical (unpaired) electrons. The first-order chi connectivity index (χ1) is 29.0. The van der Waals surface area contributed by atoms with Crippen molar-refractivity contribution in [3.05, 3.63) is 218 Å². The van der Waals surface area contributed by atoms with Gasteiger partial charge < -0.3 is 19.4 Å². The second-order valence-corrected chi connectivity index (χ2v) is 15.2. The third-order valence-electron chi connectivity index (χ3n) is 11.1. The molecular formula is C55H38N2O2Pt. The molecule has 0 fully saturated rings. The Morgan fingerprint density at radius 3 is 1.58 bits per heavy atom. The van der Waals surface area contributed by atoms with Crippen molar-refractivity contribution in [1.82, 2.24) is 9.97 Å². The van der Waals surface area contributed by atoms with Crippen LogP contribution in [0.1, 0.15) is 25.0 Å². The summed E-state index contributed by atoms with van der Waals surface area (Å²) in [5.74, 6) is 2.72. The molecular weight excluding hydrogens is 916 g/mol. The number of benzene rings is 7. The molecule has 0 saturated carbocycles. The Bertz CT molecular complexity index is 2890. The van der Waals surface area contributed by atoms with Crippen LogP contribution in [0.25, 0.3) is 67.0 Å². The van der Waals surface area contributed by atoms with E-state index in [1.54, 1.807) is 12.4 Å². The topological polar surface area (TPSA) is 44.2 Å². The number of nitrogens with zero attached hydrogens (tertiary/aromatic N) is 2. The monoisotopic (exact) mass is 953 g/mol. The van der Waals surface area contributed by atoms with Gasteiger partial charge in [-0.2, -0.15) is 0 Å². The molecule has 10 rings (SSSR count). The number of hydrogen-bond donors (Lipinski definition) is 0. The first-order valence-electron chi connectivity index (χ1n) is 19.8. The van der Waals surface area contributed by atoms with Gasteiger partial charge in [0.25, 0.3) is 0 Å². The van der Waals surface area contributed by atoms with Crippen LogP contribution in [-0.2, 0) is 26.5 Å². The number of fused-ring (bicyclic) bond motifs is 2. The molecule has 4 nitrogen and oxygen atoms in total. The molecule has 3 heterocycles. The Morgan fingerprint density at radius 2 is 0.983 bits per heavy atom. The predicted octanol–water partition coefficient (Wildman–Crippen LogP) is 14.3. The zero-order valence-corrected chi connectivity index (χ0v) is 35.3. The van der Waals surface area contributed by atoms with Crippen LogP contribution < -0.4 is 9.47 Å². The minimum atomic E-state index is -0.391. The van der Waals surface area contributed by atoms with Crippen LogP contribution in [0.3, 0.4) is 0 Å². The first kappa shape index (κ1) is 38.6. The summed E-state index contributed by atoms with van der Waals surface area (Å²) in [7, 11) is 0. The quantitative estimate of drug-likeness (QED) is 0.142. The summed E-state index contributed by atoms with van der Waals surface area (Å²) in [5, 5.41) is 0. The van der Waals surface area contributed by atoms with Crippen molar-refractivity contribution < 1.29 is 30.5 Å². The van der Waals surface area contributed by atoms with E-state index in [0.29, 0.717) is 11.5 Å². The maximum Gasteiger partial charge on any atom is 2.00 e. The molecule has 0 saturated heterocycles. The fraction of sp³-hybridized carbons (Fsp3) is 0.0545. The van der Waals surface area contributed by atoms with Gasteiger partial charge >= 0.3 is 21.1 Å². The van der Waals surface area contributed by atoms with E-state index >= 15 is 0 Å². The molecule has 0 N–H and O–H groups in total. The third-order valence-corrected chi connectivity index (χ3v) is 11.1. The molecule has 0 atom stereocenters. The summed E-state index contributed by atoms with van der Waals surface area (Å²) < 4.78 is 14.1. The van der Waals surface area contributed by atoms with Crippen LogP contribution in [0.5, 0.6) is 23.0 Å². The SMILES string of the molecule is CC1(C)c2cccc(-c3cc(-c4ccccc4)cc(-c4ccccc4)c3)c2Oc2c(-c3ccc(-c4ccccn4)[c-]c3Oc3[c-]c(-c4ccccn4)ccc3)cccc21.[Pt+2]. The van der Waals surface area contributed by atoms with E-state index in [0.717, 1.165) is 89.6 Å². The van der Waals surface area contributed by atoms with Crippen LogP contribution in [0.15, 0.2) is 194 Å². The van der Waals surface area contributed by atoms with Crippen LogP contribution in [-0.4, -0.2) is 9.97 Å². The summed E-state index contributed by atoms with van der Waals surface area (Å²) in [6, 6.07) is 69.6. The van der Waals surface area contributed by atoms with Gasteiger partial charge in [-0.15, -0.1) is 41.5 Å². The maximum atomic E-state index is 7.27. The minimum Gasteiger partial charge on any atom is -0.496 e. The van der Waals surface area contributed by atoms with Crippen molar-refractivity contribution in [1.29, 1.82) is 0 Å². The predicted molar refractivity (Wildman–Crippen MR) is 237 cm³/mol. The molecule has 0 spiro atoms. The van der Waals surface area contributed by atoms with E-state index in [1.165, 1.54) is 0 Å². The molecule has 1 aliphatic rings. The van der Waals surface area contributed by atoms with E-state index in [4.69, 9.17) is 9.47 Å². The summed E-state index contributed by atoms with van der Waals surface area (Å²) in [6.07, 6.45) is 3.57. The van der Waals surface area contributed by atoms with Gasteiger partial charge in [0.15, 0.2) is 0 Å². The Kier molecular flexibility index (Phi) is 10.6. The van der Waals surface area contributed by atoms with Crippen molar-refractivity contribution in [2.75, 3.05) is 0 Å². The molecule has 290 valence electrons. The van der Waals surface area contributed by atoms with Gasteiger partial charge in [0.2, 0.25) is 0 Å². The Morgan fingerprint density at radius 1 is 0.450 bits per heavy atom. The van der Waals surface area contributed by atoms with Gasteiger partial charge in [0.05, 0.1) is 5.75 Å². The fourth-order valence-electron chi connectivity index (χ4n) is 8.07. The molecule has 5 heteroatoms. The normalized spacial score (nSPS) is 12.3. The van der Waals surface area contributed by atoms with Crippen molar-refractivity contribution in [3.63, 3.8) is 0 Å². The summed E-state index contributed by atoms with van der Waals surface area (Å²) >= 11 is 0. The molecule has 1 aliphatic heterocycles. The van der Waals surface area contributed by atoms with Gasteiger partial charge in [0.1, 0.15) is 11.5 Å². The standard InChI is InChI=1S/C55H38N2O2.Pt/c1-55(2)48-24-14-22-45(43-33-41(37-16-5-3-6-17-37)32-42(34-43)38-18-7-4-8-19-38)53(48)59-54-47(23-15-25-49(54)55)46-29-28-40(51-27-10-12-31-57-51)36-52(46)58-44-21-13-20-39(35-44)50-26-9-11-30-56-50;/h3-34H,1-2H3;/q-2;+2. The van der Waals surface area contributed by atoms with Crippen molar-refractivity contribution in [2.45, 2.75) is 19.3 Å². The smallest absolute Gasteiger partial charge is 0.496 e. The zero-order valence-electron chi connectivity index (χ0n) is 33.0. The Labute approximate surface area is 365 Å². The second-order valence-electron chi connectivity index (χ2n) is 15.2. The van der Waals surface area contributed by atoms with E-state index < -0.39 is 5.41 Å². The summed E-state index contributed by atoms with van der Waals surface area (Å²) in [4.78, 5) is 9.18. The number of para-hydroxylation sites is 2. The van der Waals surface area contributed by atoms with Gasteiger partial charge in [-0.25, -0.2) is 0 Å². The second kappa shape index (κ2) is 16.4. The van der Waals surface area contributed by atoms with Gasteiger partial charge in [0, 0.05) is 40.2 Å². The van der Waals surface area contributed by atoms with Crippen molar-refractivity contribution in [3.8, 4) is 90.0 Å². The number of aromatic nitrogens is 2. The van der Waals surface area contributed by atoms with Gasteiger partial charge in [-0.1, -0.05) is 153 Å². The third kappa shape index (κ3) is 7.36. The average molecular weight is 954 g/mol. The first-order valence-corrected chi connectivity index (χ1v) is 19.8. The molecule has 0 aliphatic carbocycles. The number of pyridine rings is 2. The summed E-state index contributed by atoms with van der Waals surface area (Å²) in [5.41, 5.74) is 13.5. The fourth-order valence-corrected chi connectivity index (χ4v) is 8.07. The average Bonchev–Trinajstić information content (AvgIpc) is 3.30. The number of ether oxygens (including phenoxy) is 2. The zero-order chi connectivity index (χ0) is 39.8. The van der Waals surface area contributed by atoms with E-state index in [9.17, 15) is 0 Å². The number of rotatable bonds is 8. The van der Waals surface area contributed by atoms with Crippen molar-refractivity contribution >= 4 is 0 Å². The molecule has 9 aromatic rings. The minimum absolute atomic E-state index is 0. The molecule has 60 heavy (non-hydrogen) atoms. The maximum absolute atomic E-state index is 7.27. The van der Waals surface area contributed by atoms with E-state index in [2.05, 4.69) is 157 Å². The summed E-state index contributed by atoms with van der Waals surface area (Å²) in [6.45, 7) is 4.56. The Balaban J connectivity index is 0.00000462. The molecule has 0 amide bonds. The van der Waals surface area contributed by atoms with Crippen molar-refractivity contribution in [2.24, 2.45) is 0 Å². The van der Waals surface area contributed by atoms with Crippen LogP contribution in [0.2, 0.25) is 0 Å². The Hall–Kier alpha value is -6.87. The van der Waals surface area contributed by atoms with Gasteiger partial charge in [-0.3, -0.25) is 0 Å². The van der Waals surface area contributed by atoms with E-state index in [1.807, 2.05) is 60.7 Å². The molecule has 0 bridgehead atoms. The van der Waals surface area contributed by atoms with Crippen LogP contribution in [0, 0.1) is 12.1 Å². The van der Waals surface area contributed by atoms with E-state index in [-0.39, 0.29) is 21.1 Å². The van der Waals surface area contributed by atoms with Crippen LogP contribution >= 0.6 is 0 Å². The van der Waals surface area contributed by atoms with Crippen LogP contribution in [0.4, 0.5) is 0 Å². The number of hydrogen-bond acceptors (Lipinski definition) is 4. The largest absolute Gasteiger partial charge is 2.00 e.